The van der Waals surface area contributed by atoms with Crippen molar-refractivity contribution in [1.29, 1.82) is 0 Å². The molecule has 2 aliphatic heterocycles. The molecule has 2 aliphatic rings. The number of carbonyl (C=O) groups excluding carboxylic acids is 1. The molecule has 1 amide bonds. The largest absolute Gasteiger partial charge is 0.334 e. The number of likely N-dealkylation sites (N-methyl/N-ethyl adjacent to an activating group) is 1. The monoisotopic (exact) mass is 327 g/mol. The molecule has 1 aromatic heterocycles. The summed E-state index contributed by atoms with van der Waals surface area (Å²) in [6, 6.07) is 6.66. The Morgan fingerprint density at radius 2 is 2.00 bits per heavy atom. The maximum atomic E-state index is 13.1. The highest BCUT2D eigenvalue weighted by Gasteiger charge is 2.38. The van der Waals surface area contributed by atoms with Crippen molar-refractivity contribution < 1.29 is 4.79 Å². The van der Waals surface area contributed by atoms with Crippen molar-refractivity contribution in [2.24, 2.45) is 0 Å². The van der Waals surface area contributed by atoms with Gasteiger partial charge in [0.05, 0.1) is 5.52 Å². The summed E-state index contributed by atoms with van der Waals surface area (Å²) in [6.45, 7) is 4.84. The summed E-state index contributed by atoms with van der Waals surface area (Å²) < 4.78 is 1.86. The van der Waals surface area contributed by atoms with Gasteiger partial charge in [-0.05, 0) is 64.4 Å². The summed E-state index contributed by atoms with van der Waals surface area (Å²) in [6.07, 6.45) is 4.67. The van der Waals surface area contributed by atoms with Gasteiger partial charge < -0.3 is 9.80 Å². The van der Waals surface area contributed by atoms with Crippen molar-refractivity contribution in [2.45, 2.75) is 51.2 Å². The molecular weight excluding hydrogens is 302 g/mol. The van der Waals surface area contributed by atoms with Gasteiger partial charge in [0.1, 0.15) is 5.52 Å². The number of fused-ring (bicyclic) bond motifs is 1. The predicted molar refractivity (Wildman–Crippen MR) is 92.9 cm³/mol. The van der Waals surface area contributed by atoms with Crippen LogP contribution in [0, 0.1) is 0 Å². The van der Waals surface area contributed by atoms with Crippen LogP contribution in [0.3, 0.4) is 0 Å². The van der Waals surface area contributed by atoms with Gasteiger partial charge in [-0.3, -0.25) is 4.79 Å². The van der Waals surface area contributed by atoms with Crippen LogP contribution in [0.1, 0.15) is 43.0 Å². The lowest BCUT2D eigenvalue weighted by Gasteiger charge is -2.33. The number of benzene rings is 1. The van der Waals surface area contributed by atoms with E-state index in [1.165, 1.54) is 12.8 Å². The van der Waals surface area contributed by atoms with Gasteiger partial charge in [-0.25, -0.2) is 4.68 Å². The predicted octanol–water partition coefficient (Wildman–Crippen LogP) is 2.15. The Kier molecular flexibility index (Phi) is 4.00. The number of amides is 1. The number of hydrogen-bond acceptors (Lipinski definition) is 4. The van der Waals surface area contributed by atoms with Gasteiger partial charge >= 0.3 is 0 Å². The first-order valence-electron chi connectivity index (χ1n) is 9.03. The molecule has 2 saturated heterocycles. The van der Waals surface area contributed by atoms with E-state index < -0.39 is 0 Å². The van der Waals surface area contributed by atoms with Crippen LogP contribution in [0.15, 0.2) is 18.2 Å². The molecule has 6 nitrogen and oxygen atoms in total. The summed E-state index contributed by atoms with van der Waals surface area (Å²) in [5, 5.41) is 8.34. The third kappa shape index (κ3) is 2.49. The molecule has 2 aromatic rings. The molecule has 2 unspecified atom stereocenters. The fourth-order valence-corrected chi connectivity index (χ4v) is 4.37. The Balaban J connectivity index is 1.60. The number of likely N-dealkylation sites (tertiary alicyclic amines) is 2. The lowest BCUT2D eigenvalue weighted by molar-refractivity contribution is 0.0664. The molecule has 24 heavy (non-hydrogen) atoms. The van der Waals surface area contributed by atoms with Crippen LogP contribution < -0.4 is 0 Å². The van der Waals surface area contributed by atoms with Crippen LogP contribution in [0.4, 0.5) is 0 Å². The van der Waals surface area contributed by atoms with Gasteiger partial charge in [-0.15, -0.1) is 5.10 Å². The van der Waals surface area contributed by atoms with Crippen LogP contribution >= 0.6 is 0 Å². The summed E-state index contributed by atoms with van der Waals surface area (Å²) in [4.78, 5) is 17.6. The van der Waals surface area contributed by atoms with Crippen molar-refractivity contribution in [3.8, 4) is 0 Å². The highest BCUT2D eigenvalue weighted by atomic mass is 16.2. The molecule has 2 atom stereocenters. The molecule has 0 aliphatic carbocycles. The first-order valence-corrected chi connectivity index (χ1v) is 9.03. The van der Waals surface area contributed by atoms with Crippen molar-refractivity contribution in [2.75, 3.05) is 20.1 Å². The number of nitrogens with zero attached hydrogens (tertiary/aromatic N) is 5. The number of aromatic nitrogens is 3. The highest BCUT2D eigenvalue weighted by molar-refractivity contribution is 5.97. The number of rotatable bonds is 3. The van der Waals surface area contributed by atoms with Gasteiger partial charge in [-0.2, -0.15) is 0 Å². The summed E-state index contributed by atoms with van der Waals surface area (Å²) in [7, 11) is 2.19. The number of carbonyl (C=O) groups is 1. The van der Waals surface area contributed by atoms with E-state index >= 15 is 0 Å². The van der Waals surface area contributed by atoms with Crippen LogP contribution in [-0.4, -0.2) is 62.9 Å². The maximum absolute atomic E-state index is 13.1. The summed E-state index contributed by atoms with van der Waals surface area (Å²) >= 11 is 0. The first kappa shape index (κ1) is 15.6. The Hall–Kier alpha value is -1.95. The molecule has 0 bridgehead atoms. The molecule has 0 saturated carbocycles. The van der Waals surface area contributed by atoms with Crippen molar-refractivity contribution in [3.05, 3.63) is 23.8 Å². The second kappa shape index (κ2) is 6.16. The van der Waals surface area contributed by atoms with E-state index in [0.717, 1.165) is 49.1 Å². The Bertz CT molecular complexity index is 755. The van der Waals surface area contributed by atoms with Gasteiger partial charge in [0.25, 0.3) is 5.91 Å². The SMILES string of the molecule is CCn1nnc2cc(C(=O)N3CCCC3C3CCCN3C)ccc21. The molecular formula is C18H25N5O. The van der Waals surface area contributed by atoms with Crippen molar-refractivity contribution in [3.63, 3.8) is 0 Å². The average molecular weight is 327 g/mol. The number of aryl methyl sites for hydroxylation is 1. The van der Waals surface area contributed by atoms with E-state index in [4.69, 9.17) is 0 Å². The minimum Gasteiger partial charge on any atom is -0.334 e. The molecule has 128 valence electrons. The van der Waals surface area contributed by atoms with E-state index in [0.29, 0.717) is 12.1 Å². The molecule has 6 heteroatoms. The maximum Gasteiger partial charge on any atom is 0.254 e. The van der Waals surface area contributed by atoms with Gasteiger partial charge in [0.15, 0.2) is 0 Å². The first-order chi connectivity index (χ1) is 11.7. The summed E-state index contributed by atoms with van der Waals surface area (Å²) in [5.74, 6) is 0.144. The van der Waals surface area contributed by atoms with Crippen LogP contribution in [0.2, 0.25) is 0 Å². The van der Waals surface area contributed by atoms with Crippen LogP contribution in [-0.2, 0) is 6.54 Å². The molecule has 0 N–H and O–H groups in total. The van der Waals surface area contributed by atoms with Crippen molar-refractivity contribution >= 4 is 16.9 Å². The highest BCUT2D eigenvalue weighted by Crippen LogP contribution is 2.30. The summed E-state index contributed by atoms with van der Waals surface area (Å²) in [5.41, 5.74) is 2.53. The standard InChI is InChI=1S/C18H25N5O/c1-3-23-15-9-8-13(12-14(15)19-20-23)18(24)22-11-5-7-17(22)16-6-4-10-21(16)2/h8-9,12,16-17H,3-7,10-11H2,1-2H3. The lowest BCUT2D eigenvalue weighted by atomic mass is 10.0. The van der Waals surface area contributed by atoms with Gasteiger partial charge in [0.2, 0.25) is 0 Å². The third-order valence-corrected chi connectivity index (χ3v) is 5.64. The normalized spacial score (nSPS) is 25.0. The minimum absolute atomic E-state index is 0.144. The zero-order valence-corrected chi connectivity index (χ0v) is 14.5. The average Bonchev–Trinajstić information content (AvgIpc) is 3.31. The Labute approximate surface area is 142 Å². The topological polar surface area (TPSA) is 54.3 Å². The zero-order valence-electron chi connectivity index (χ0n) is 14.5. The number of hydrogen-bond donors (Lipinski definition) is 0. The third-order valence-electron chi connectivity index (χ3n) is 5.64. The molecule has 2 fully saturated rings. The fraction of sp³-hybridized carbons (Fsp3) is 0.611. The Morgan fingerprint density at radius 1 is 1.21 bits per heavy atom. The molecule has 4 rings (SSSR count). The Morgan fingerprint density at radius 3 is 2.75 bits per heavy atom. The molecule has 1 aromatic carbocycles. The lowest BCUT2D eigenvalue weighted by Crippen LogP contribution is -2.47. The van der Waals surface area contributed by atoms with E-state index in [1.54, 1.807) is 0 Å². The van der Waals surface area contributed by atoms with E-state index in [2.05, 4.69) is 27.2 Å². The van der Waals surface area contributed by atoms with E-state index in [-0.39, 0.29) is 5.91 Å². The quantitative estimate of drug-likeness (QED) is 0.867. The van der Waals surface area contributed by atoms with Gasteiger partial charge in [0, 0.05) is 30.7 Å². The molecule has 3 heterocycles. The zero-order chi connectivity index (χ0) is 16.7. The van der Waals surface area contributed by atoms with E-state index in [9.17, 15) is 4.79 Å². The van der Waals surface area contributed by atoms with Crippen LogP contribution in [0.25, 0.3) is 11.0 Å². The van der Waals surface area contributed by atoms with Crippen molar-refractivity contribution in [1.82, 2.24) is 24.8 Å². The molecule has 0 radical (unpaired) electrons. The second-order valence-electron chi connectivity index (χ2n) is 7.01. The van der Waals surface area contributed by atoms with Gasteiger partial charge in [-0.1, -0.05) is 5.21 Å². The minimum atomic E-state index is 0.144. The second-order valence-corrected chi connectivity index (χ2v) is 7.01. The smallest absolute Gasteiger partial charge is 0.254 e. The van der Waals surface area contributed by atoms with E-state index in [1.807, 2.05) is 29.8 Å². The van der Waals surface area contributed by atoms with Crippen LogP contribution in [0.5, 0.6) is 0 Å². The molecule has 0 spiro atoms. The fourth-order valence-electron chi connectivity index (χ4n) is 4.37.